The molecule has 1 aromatic rings. The smallest absolute Gasteiger partial charge is 0.0275 e. The van der Waals surface area contributed by atoms with Crippen LogP contribution in [0.25, 0.3) is 6.08 Å². The Hall–Kier alpha value is -1.56. The molecule has 1 unspecified atom stereocenters. The lowest BCUT2D eigenvalue weighted by Crippen LogP contribution is -1.97. The van der Waals surface area contributed by atoms with Crippen LogP contribution in [0.5, 0.6) is 0 Å². The van der Waals surface area contributed by atoms with Crippen LogP contribution < -0.4 is 0 Å². The van der Waals surface area contributed by atoms with Gasteiger partial charge >= 0.3 is 0 Å². The molecule has 17 heavy (non-hydrogen) atoms. The van der Waals surface area contributed by atoms with Crippen LogP contribution in [0.1, 0.15) is 42.7 Å². The molecule has 0 aliphatic heterocycles. The SMILES string of the molecule is C1=CC(C2C=Cc3ccccc32)=CCCCC1. The third kappa shape index (κ3) is 2.12. The number of hydrogen-bond acceptors (Lipinski definition) is 0. The fourth-order valence-electron chi connectivity index (χ4n) is 2.73. The van der Waals surface area contributed by atoms with Gasteiger partial charge in [0.15, 0.2) is 0 Å². The quantitative estimate of drug-likeness (QED) is 0.637. The standard InChI is InChI=1S/C17H18/c1-2-4-8-14(9-5-3-1)17-13-12-15-10-6-7-11-16(15)17/h4,6-13,17H,1-3,5H2. The topological polar surface area (TPSA) is 0 Å². The summed E-state index contributed by atoms with van der Waals surface area (Å²) >= 11 is 0. The van der Waals surface area contributed by atoms with Gasteiger partial charge in [0.05, 0.1) is 0 Å². The molecule has 0 fully saturated rings. The van der Waals surface area contributed by atoms with E-state index in [-0.39, 0.29) is 0 Å². The lowest BCUT2D eigenvalue weighted by Gasteiger charge is -2.14. The van der Waals surface area contributed by atoms with Crippen molar-refractivity contribution in [2.45, 2.75) is 31.6 Å². The molecule has 0 radical (unpaired) electrons. The first-order valence-corrected chi connectivity index (χ1v) is 6.59. The summed E-state index contributed by atoms with van der Waals surface area (Å²) in [6.45, 7) is 0. The van der Waals surface area contributed by atoms with Crippen LogP contribution in [-0.4, -0.2) is 0 Å². The molecule has 0 heterocycles. The molecule has 2 aliphatic carbocycles. The van der Waals surface area contributed by atoms with E-state index in [1.54, 1.807) is 0 Å². The van der Waals surface area contributed by atoms with Crippen LogP contribution in [0.2, 0.25) is 0 Å². The van der Waals surface area contributed by atoms with Crippen molar-refractivity contribution in [2.24, 2.45) is 0 Å². The molecule has 3 rings (SSSR count). The molecule has 0 spiro atoms. The first-order chi connectivity index (χ1) is 8.45. The van der Waals surface area contributed by atoms with Gasteiger partial charge in [0, 0.05) is 5.92 Å². The minimum Gasteiger partial charge on any atom is -0.0842 e. The Morgan fingerprint density at radius 1 is 0.941 bits per heavy atom. The molecule has 86 valence electrons. The predicted octanol–water partition coefficient (Wildman–Crippen LogP) is 4.85. The highest BCUT2D eigenvalue weighted by Crippen LogP contribution is 2.36. The maximum atomic E-state index is 2.42. The van der Waals surface area contributed by atoms with Crippen LogP contribution in [0.4, 0.5) is 0 Å². The summed E-state index contributed by atoms with van der Waals surface area (Å²) in [6, 6.07) is 8.73. The van der Waals surface area contributed by atoms with Crippen molar-refractivity contribution in [3.63, 3.8) is 0 Å². The van der Waals surface area contributed by atoms with E-state index in [4.69, 9.17) is 0 Å². The highest BCUT2D eigenvalue weighted by molar-refractivity contribution is 5.65. The second-order valence-electron chi connectivity index (χ2n) is 4.86. The van der Waals surface area contributed by atoms with E-state index in [9.17, 15) is 0 Å². The summed E-state index contributed by atoms with van der Waals surface area (Å²) in [4.78, 5) is 0. The number of hydrogen-bond donors (Lipinski definition) is 0. The summed E-state index contributed by atoms with van der Waals surface area (Å²) in [5.41, 5.74) is 4.32. The first-order valence-electron chi connectivity index (χ1n) is 6.59. The fourth-order valence-corrected chi connectivity index (χ4v) is 2.73. The molecule has 0 heteroatoms. The molecular formula is C17H18. The van der Waals surface area contributed by atoms with Gasteiger partial charge in [-0.15, -0.1) is 0 Å². The summed E-state index contributed by atoms with van der Waals surface area (Å²) in [6.07, 6.45) is 16.8. The highest BCUT2D eigenvalue weighted by atomic mass is 14.2. The van der Waals surface area contributed by atoms with Crippen molar-refractivity contribution in [2.75, 3.05) is 0 Å². The molecule has 0 nitrogen and oxygen atoms in total. The monoisotopic (exact) mass is 222 g/mol. The van der Waals surface area contributed by atoms with Crippen molar-refractivity contribution >= 4 is 6.08 Å². The van der Waals surface area contributed by atoms with Gasteiger partial charge in [-0.25, -0.2) is 0 Å². The van der Waals surface area contributed by atoms with E-state index in [0.29, 0.717) is 5.92 Å². The van der Waals surface area contributed by atoms with Gasteiger partial charge in [-0.1, -0.05) is 54.6 Å². The van der Waals surface area contributed by atoms with E-state index in [0.717, 1.165) is 0 Å². The Morgan fingerprint density at radius 3 is 2.82 bits per heavy atom. The molecule has 0 aromatic heterocycles. The lowest BCUT2D eigenvalue weighted by atomic mass is 9.90. The van der Waals surface area contributed by atoms with Crippen LogP contribution in [-0.2, 0) is 0 Å². The Kier molecular flexibility index (Phi) is 2.96. The molecule has 0 N–H and O–H groups in total. The third-order valence-corrected chi connectivity index (χ3v) is 3.67. The Labute approximate surface area is 103 Å². The predicted molar refractivity (Wildman–Crippen MR) is 73.9 cm³/mol. The summed E-state index contributed by atoms with van der Waals surface area (Å²) in [5.74, 6) is 0.487. The van der Waals surface area contributed by atoms with Gasteiger partial charge in [-0.2, -0.15) is 0 Å². The summed E-state index contributed by atoms with van der Waals surface area (Å²) < 4.78 is 0. The maximum Gasteiger partial charge on any atom is 0.0275 e. The molecule has 0 saturated carbocycles. The van der Waals surface area contributed by atoms with Gasteiger partial charge in [0.2, 0.25) is 0 Å². The van der Waals surface area contributed by atoms with Crippen LogP contribution >= 0.6 is 0 Å². The van der Waals surface area contributed by atoms with E-state index in [1.807, 2.05) is 0 Å². The van der Waals surface area contributed by atoms with E-state index < -0.39 is 0 Å². The van der Waals surface area contributed by atoms with E-state index >= 15 is 0 Å². The molecule has 0 bridgehead atoms. The lowest BCUT2D eigenvalue weighted by molar-refractivity contribution is 0.750. The van der Waals surface area contributed by atoms with Gasteiger partial charge in [-0.05, 0) is 42.4 Å². The number of allylic oxidation sites excluding steroid dienone is 5. The van der Waals surface area contributed by atoms with Crippen LogP contribution in [0.15, 0.2) is 54.1 Å². The molecular weight excluding hydrogens is 204 g/mol. The minimum atomic E-state index is 0.487. The largest absolute Gasteiger partial charge is 0.0842 e. The van der Waals surface area contributed by atoms with Crippen LogP contribution in [0, 0.1) is 0 Å². The average molecular weight is 222 g/mol. The van der Waals surface area contributed by atoms with Crippen molar-refractivity contribution < 1.29 is 0 Å². The normalized spacial score (nSPS) is 22.8. The Balaban J connectivity index is 1.93. The molecule has 0 amide bonds. The Bertz CT molecular complexity index is 489. The van der Waals surface area contributed by atoms with Gasteiger partial charge in [0.1, 0.15) is 0 Å². The first kappa shape index (κ1) is 10.6. The second-order valence-corrected chi connectivity index (χ2v) is 4.86. The second kappa shape index (κ2) is 4.75. The van der Waals surface area contributed by atoms with Crippen LogP contribution in [0.3, 0.4) is 0 Å². The zero-order valence-electron chi connectivity index (χ0n) is 10.1. The zero-order chi connectivity index (χ0) is 11.5. The molecule has 1 atom stereocenters. The molecule has 1 aromatic carbocycles. The maximum absolute atomic E-state index is 2.42. The number of benzene rings is 1. The molecule has 0 saturated heterocycles. The van der Waals surface area contributed by atoms with E-state index in [2.05, 4.69) is 54.6 Å². The summed E-state index contributed by atoms with van der Waals surface area (Å²) in [5, 5.41) is 0. The zero-order valence-corrected chi connectivity index (χ0v) is 10.1. The van der Waals surface area contributed by atoms with Crippen molar-refractivity contribution in [3.05, 3.63) is 65.3 Å². The third-order valence-electron chi connectivity index (χ3n) is 3.67. The average Bonchev–Trinajstić information content (AvgIpc) is 2.73. The highest BCUT2D eigenvalue weighted by Gasteiger charge is 2.18. The fraction of sp³-hybridized carbons (Fsp3) is 0.294. The van der Waals surface area contributed by atoms with Gasteiger partial charge in [-0.3, -0.25) is 0 Å². The number of fused-ring (bicyclic) bond motifs is 1. The van der Waals surface area contributed by atoms with Gasteiger partial charge < -0.3 is 0 Å². The minimum absolute atomic E-state index is 0.487. The summed E-state index contributed by atoms with van der Waals surface area (Å²) in [7, 11) is 0. The Morgan fingerprint density at radius 2 is 1.82 bits per heavy atom. The van der Waals surface area contributed by atoms with Crippen molar-refractivity contribution in [1.82, 2.24) is 0 Å². The molecule has 2 aliphatic rings. The van der Waals surface area contributed by atoms with Gasteiger partial charge in [0.25, 0.3) is 0 Å². The van der Waals surface area contributed by atoms with E-state index in [1.165, 1.54) is 42.4 Å². The van der Waals surface area contributed by atoms with Crippen molar-refractivity contribution in [1.29, 1.82) is 0 Å². The number of rotatable bonds is 1. The van der Waals surface area contributed by atoms with Crippen molar-refractivity contribution in [3.8, 4) is 0 Å².